The predicted molar refractivity (Wildman–Crippen MR) is 76.2 cm³/mol. The molecule has 0 aromatic carbocycles. The summed E-state index contributed by atoms with van der Waals surface area (Å²) in [7, 11) is 0. The second-order valence-electron chi connectivity index (χ2n) is 4.62. The van der Waals surface area contributed by atoms with E-state index in [-0.39, 0.29) is 6.10 Å². The van der Waals surface area contributed by atoms with Crippen molar-refractivity contribution in [1.82, 2.24) is 4.98 Å². The molecule has 2 N–H and O–H groups in total. The molecule has 102 valence electrons. The average Bonchev–Trinajstić information content (AvgIpc) is 2.35. The maximum absolute atomic E-state index is 5.81. The van der Waals surface area contributed by atoms with Gasteiger partial charge in [0.1, 0.15) is 0 Å². The van der Waals surface area contributed by atoms with Gasteiger partial charge in [-0.15, -0.1) is 0 Å². The Morgan fingerprint density at radius 1 is 1.39 bits per heavy atom. The van der Waals surface area contributed by atoms with Crippen molar-refractivity contribution in [1.29, 1.82) is 0 Å². The summed E-state index contributed by atoms with van der Waals surface area (Å²) in [5.41, 5.74) is 5.68. The molecule has 0 fully saturated rings. The molecule has 1 heterocycles. The van der Waals surface area contributed by atoms with E-state index < -0.39 is 0 Å². The molecule has 1 aromatic heterocycles. The van der Waals surface area contributed by atoms with Crippen LogP contribution in [0.3, 0.4) is 0 Å². The Kier molecular flexibility index (Phi) is 6.50. The Labute approximate surface area is 110 Å². The van der Waals surface area contributed by atoms with Crippen molar-refractivity contribution in [3.63, 3.8) is 0 Å². The zero-order valence-corrected chi connectivity index (χ0v) is 11.7. The van der Waals surface area contributed by atoms with E-state index in [1.54, 1.807) is 6.20 Å². The molecule has 0 saturated carbocycles. The van der Waals surface area contributed by atoms with E-state index in [1.165, 1.54) is 0 Å². The number of anilines is 1. The Balaban J connectivity index is 2.87. The Bertz CT molecular complexity index is 342. The largest absolute Gasteiger partial charge is 0.487 e. The summed E-state index contributed by atoms with van der Waals surface area (Å²) in [5, 5.41) is 0. The second kappa shape index (κ2) is 7.93. The van der Waals surface area contributed by atoms with Crippen molar-refractivity contribution in [3.05, 3.63) is 18.3 Å². The van der Waals surface area contributed by atoms with E-state index in [1.807, 2.05) is 26.0 Å². The summed E-state index contributed by atoms with van der Waals surface area (Å²) < 4.78 is 5.81. The predicted octanol–water partition coefficient (Wildman–Crippen LogP) is 2.43. The van der Waals surface area contributed by atoms with Crippen molar-refractivity contribution >= 4 is 5.82 Å². The van der Waals surface area contributed by atoms with Crippen LogP contribution in [0.15, 0.2) is 18.3 Å². The molecule has 0 radical (unpaired) electrons. The molecule has 4 nitrogen and oxygen atoms in total. The number of aromatic nitrogens is 1. The van der Waals surface area contributed by atoms with Gasteiger partial charge in [-0.2, -0.15) is 0 Å². The first kappa shape index (κ1) is 14.8. The molecule has 0 amide bonds. The molecule has 18 heavy (non-hydrogen) atoms. The Morgan fingerprint density at radius 2 is 2.17 bits per heavy atom. The van der Waals surface area contributed by atoms with Crippen molar-refractivity contribution in [2.75, 3.05) is 24.5 Å². The molecule has 1 aromatic rings. The third-order valence-electron chi connectivity index (χ3n) is 2.59. The summed E-state index contributed by atoms with van der Waals surface area (Å²) in [4.78, 5) is 6.66. The molecule has 0 spiro atoms. The van der Waals surface area contributed by atoms with Gasteiger partial charge in [0.05, 0.1) is 6.10 Å². The van der Waals surface area contributed by atoms with Gasteiger partial charge >= 0.3 is 0 Å². The number of hydrogen-bond donors (Lipinski definition) is 1. The van der Waals surface area contributed by atoms with Crippen LogP contribution in [0, 0.1) is 0 Å². The standard InChI is InChI=1S/C14H25N3O/c1-4-5-10-17(11-8-15)14-13(18-12(2)3)7-6-9-16-14/h6-7,9,12H,4-5,8,10-11,15H2,1-3H3. The fourth-order valence-electron chi connectivity index (χ4n) is 1.79. The van der Waals surface area contributed by atoms with Crippen LogP contribution < -0.4 is 15.4 Å². The number of nitrogens with two attached hydrogens (primary N) is 1. The van der Waals surface area contributed by atoms with Crippen LogP contribution >= 0.6 is 0 Å². The van der Waals surface area contributed by atoms with E-state index in [9.17, 15) is 0 Å². The van der Waals surface area contributed by atoms with Gasteiger partial charge < -0.3 is 15.4 Å². The van der Waals surface area contributed by atoms with Crippen LogP contribution in [0.2, 0.25) is 0 Å². The second-order valence-corrected chi connectivity index (χ2v) is 4.62. The minimum atomic E-state index is 0.152. The van der Waals surface area contributed by atoms with E-state index in [2.05, 4.69) is 16.8 Å². The molecule has 0 saturated heterocycles. The third kappa shape index (κ3) is 4.53. The highest BCUT2D eigenvalue weighted by molar-refractivity contribution is 5.52. The summed E-state index contributed by atoms with van der Waals surface area (Å²) in [6.07, 6.45) is 4.25. The van der Waals surface area contributed by atoms with Gasteiger partial charge in [0.25, 0.3) is 0 Å². The first-order chi connectivity index (χ1) is 8.69. The molecule has 0 bridgehead atoms. The highest BCUT2D eigenvalue weighted by Crippen LogP contribution is 2.26. The summed E-state index contributed by atoms with van der Waals surface area (Å²) in [6.45, 7) is 8.64. The lowest BCUT2D eigenvalue weighted by molar-refractivity contribution is 0.242. The lowest BCUT2D eigenvalue weighted by Crippen LogP contribution is -2.31. The lowest BCUT2D eigenvalue weighted by Gasteiger charge is -2.25. The summed E-state index contributed by atoms with van der Waals surface area (Å²) >= 11 is 0. The molecular weight excluding hydrogens is 226 g/mol. The summed E-state index contributed by atoms with van der Waals surface area (Å²) in [6, 6.07) is 3.87. The molecule has 1 rings (SSSR count). The Hall–Kier alpha value is -1.29. The van der Waals surface area contributed by atoms with E-state index in [0.717, 1.165) is 37.5 Å². The highest BCUT2D eigenvalue weighted by Gasteiger charge is 2.13. The third-order valence-corrected chi connectivity index (χ3v) is 2.59. The van der Waals surface area contributed by atoms with Crippen LogP contribution in [-0.2, 0) is 0 Å². The molecule has 0 unspecified atom stereocenters. The molecule has 4 heteroatoms. The van der Waals surface area contributed by atoms with Gasteiger partial charge in [0.15, 0.2) is 11.6 Å². The van der Waals surface area contributed by atoms with Crippen molar-refractivity contribution in [2.24, 2.45) is 5.73 Å². The normalized spacial score (nSPS) is 10.7. The number of rotatable bonds is 8. The van der Waals surface area contributed by atoms with Gasteiger partial charge in [-0.25, -0.2) is 4.98 Å². The number of hydrogen-bond acceptors (Lipinski definition) is 4. The highest BCUT2D eigenvalue weighted by atomic mass is 16.5. The number of unbranched alkanes of at least 4 members (excludes halogenated alkanes) is 1. The zero-order chi connectivity index (χ0) is 13.4. The fraction of sp³-hybridized carbons (Fsp3) is 0.643. The Morgan fingerprint density at radius 3 is 2.78 bits per heavy atom. The van der Waals surface area contributed by atoms with E-state index >= 15 is 0 Å². The number of ether oxygens (including phenoxy) is 1. The van der Waals surface area contributed by atoms with Gasteiger partial charge in [0, 0.05) is 25.8 Å². The van der Waals surface area contributed by atoms with Gasteiger partial charge in [-0.1, -0.05) is 13.3 Å². The van der Waals surface area contributed by atoms with Gasteiger partial charge in [-0.05, 0) is 32.4 Å². The zero-order valence-electron chi connectivity index (χ0n) is 11.7. The maximum atomic E-state index is 5.81. The first-order valence-corrected chi connectivity index (χ1v) is 6.75. The number of pyridine rings is 1. The molecule has 0 aliphatic carbocycles. The smallest absolute Gasteiger partial charge is 0.171 e. The van der Waals surface area contributed by atoms with Crippen LogP contribution in [0.25, 0.3) is 0 Å². The van der Waals surface area contributed by atoms with E-state index in [4.69, 9.17) is 10.5 Å². The van der Waals surface area contributed by atoms with Crippen molar-refractivity contribution in [3.8, 4) is 5.75 Å². The first-order valence-electron chi connectivity index (χ1n) is 6.75. The minimum absolute atomic E-state index is 0.152. The van der Waals surface area contributed by atoms with Crippen molar-refractivity contribution < 1.29 is 4.74 Å². The average molecular weight is 251 g/mol. The maximum Gasteiger partial charge on any atom is 0.171 e. The van der Waals surface area contributed by atoms with Crippen LogP contribution in [0.5, 0.6) is 5.75 Å². The van der Waals surface area contributed by atoms with Crippen LogP contribution in [0.1, 0.15) is 33.6 Å². The monoisotopic (exact) mass is 251 g/mol. The summed E-state index contributed by atoms with van der Waals surface area (Å²) in [5.74, 6) is 1.75. The quantitative estimate of drug-likeness (QED) is 0.771. The number of nitrogens with zero attached hydrogens (tertiary/aromatic N) is 2. The SMILES string of the molecule is CCCCN(CCN)c1ncccc1OC(C)C. The topological polar surface area (TPSA) is 51.4 Å². The van der Waals surface area contributed by atoms with Crippen LogP contribution in [0.4, 0.5) is 5.82 Å². The molecule has 0 aliphatic heterocycles. The minimum Gasteiger partial charge on any atom is -0.487 e. The molecule has 0 atom stereocenters. The molecule has 0 aliphatic rings. The van der Waals surface area contributed by atoms with Gasteiger partial charge in [-0.3, -0.25) is 0 Å². The molecular formula is C14H25N3O. The lowest BCUT2D eigenvalue weighted by atomic mass is 10.3. The fourth-order valence-corrected chi connectivity index (χ4v) is 1.79. The van der Waals surface area contributed by atoms with E-state index in [0.29, 0.717) is 6.54 Å². The van der Waals surface area contributed by atoms with Gasteiger partial charge in [0.2, 0.25) is 0 Å². The van der Waals surface area contributed by atoms with Crippen LogP contribution in [-0.4, -0.2) is 30.7 Å². The van der Waals surface area contributed by atoms with Crippen molar-refractivity contribution in [2.45, 2.75) is 39.7 Å².